The van der Waals surface area contributed by atoms with Gasteiger partial charge in [-0.05, 0) is 19.1 Å². The molecule has 0 spiro atoms. The molecule has 0 aliphatic rings. The van der Waals surface area contributed by atoms with Crippen LogP contribution in [0.25, 0.3) is 5.69 Å². The highest BCUT2D eigenvalue weighted by molar-refractivity contribution is 6.32. The van der Waals surface area contributed by atoms with Gasteiger partial charge in [-0.1, -0.05) is 11.6 Å². The number of halogens is 4. The summed E-state index contributed by atoms with van der Waals surface area (Å²) in [6.07, 6.45) is -4.80. The predicted molar refractivity (Wildman–Crippen MR) is 78.5 cm³/mol. The Balaban J connectivity index is 2.71. The molecule has 0 atom stereocenters. The summed E-state index contributed by atoms with van der Waals surface area (Å²) in [7, 11) is 0.945. The van der Waals surface area contributed by atoms with E-state index in [9.17, 15) is 22.8 Å². The van der Waals surface area contributed by atoms with Crippen molar-refractivity contribution >= 4 is 11.6 Å². The average molecular weight is 349 g/mol. The number of rotatable bonds is 3. The van der Waals surface area contributed by atoms with Crippen LogP contribution in [0.2, 0.25) is 5.02 Å². The smallest absolute Gasteiger partial charge is 0.431 e. The van der Waals surface area contributed by atoms with E-state index >= 15 is 0 Å². The number of benzene rings is 1. The standard InChI is InChI=1S/C14H12ClF3N2O3/c1-3-23-10-6-8(4-5-9(10)15)20-12(21)7-11(14(16,17)18)19(2)13(20)22/h4-7H,3H2,1-2H3. The zero-order valence-electron chi connectivity index (χ0n) is 12.1. The van der Waals surface area contributed by atoms with Gasteiger partial charge in [0, 0.05) is 19.2 Å². The molecule has 0 amide bonds. The molecular weight excluding hydrogens is 337 g/mol. The molecule has 0 saturated heterocycles. The molecule has 0 saturated carbocycles. The molecule has 1 aromatic carbocycles. The van der Waals surface area contributed by atoms with E-state index in [1.807, 2.05) is 0 Å². The zero-order chi connectivity index (χ0) is 17.4. The van der Waals surface area contributed by atoms with Crippen molar-refractivity contribution in [3.63, 3.8) is 0 Å². The maximum atomic E-state index is 12.8. The minimum atomic E-state index is -4.80. The second-order valence-electron chi connectivity index (χ2n) is 4.59. The molecule has 1 aromatic heterocycles. The summed E-state index contributed by atoms with van der Waals surface area (Å²) in [5, 5.41) is 0.257. The maximum absolute atomic E-state index is 12.8. The highest BCUT2D eigenvalue weighted by Gasteiger charge is 2.35. The van der Waals surface area contributed by atoms with Crippen molar-refractivity contribution in [2.24, 2.45) is 7.05 Å². The highest BCUT2D eigenvalue weighted by atomic mass is 35.5. The van der Waals surface area contributed by atoms with Crippen LogP contribution in [0.5, 0.6) is 5.75 Å². The van der Waals surface area contributed by atoms with Crippen LogP contribution < -0.4 is 16.0 Å². The van der Waals surface area contributed by atoms with Crippen molar-refractivity contribution in [2.45, 2.75) is 13.1 Å². The first-order chi connectivity index (χ1) is 10.7. The Bertz CT molecular complexity index is 856. The van der Waals surface area contributed by atoms with Crippen molar-refractivity contribution in [3.8, 4) is 11.4 Å². The molecule has 5 nitrogen and oxygen atoms in total. The van der Waals surface area contributed by atoms with Crippen LogP contribution in [0.3, 0.4) is 0 Å². The maximum Gasteiger partial charge on any atom is 0.431 e. The lowest BCUT2D eigenvalue weighted by Gasteiger charge is -2.14. The zero-order valence-corrected chi connectivity index (χ0v) is 12.9. The molecule has 0 bridgehead atoms. The van der Waals surface area contributed by atoms with Gasteiger partial charge in [0.1, 0.15) is 11.4 Å². The first-order valence-corrected chi connectivity index (χ1v) is 6.87. The number of ether oxygens (including phenoxy) is 1. The number of alkyl halides is 3. The van der Waals surface area contributed by atoms with Crippen molar-refractivity contribution < 1.29 is 17.9 Å². The van der Waals surface area contributed by atoms with Gasteiger partial charge >= 0.3 is 11.9 Å². The van der Waals surface area contributed by atoms with Gasteiger partial charge in [0.05, 0.1) is 17.3 Å². The molecular formula is C14H12ClF3N2O3. The van der Waals surface area contributed by atoms with E-state index in [0.717, 1.165) is 7.05 Å². The van der Waals surface area contributed by atoms with Crippen LogP contribution in [-0.2, 0) is 13.2 Å². The fraction of sp³-hybridized carbons (Fsp3) is 0.286. The van der Waals surface area contributed by atoms with E-state index in [-0.39, 0.29) is 16.5 Å². The topological polar surface area (TPSA) is 53.2 Å². The summed E-state index contributed by atoms with van der Waals surface area (Å²) in [5.41, 5.74) is -3.46. The Kier molecular flexibility index (Phi) is 4.56. The molecule has 124 valence electrons. The Labute approximate surface area is 133 Å². The molecule has 0 aliphatic carbocycles. The predicted octanol–water partition coefficient (Wildman–Crippen LogP) is 2.61. The van der Waals surface area contributed by atoms with Gasteiger partial charge < -0.3 is 4.74 Å². The lowest BCUT2D eigenvalue weighted by molar-refractivity contribution is -0.144. The van der Waals surface area contributed by atoms with Crippen molar-refractivity contribution in [1.29, 1.82) is 0 Å². The molecule has 2 aromatic rings. The van der Waals surface area contributed by atoms with Gasteiger partial charge in [-0.3, -0.25) is 9.36 Å². The Morgan fingerprint density at radius 1 is 1.22 bits per heavy atom. The van der Waals surface area contributed by atoms with E-state index < -0.39 is 23.1 Å². The second kappa shape index (κ2) is 6.11. The fourth-order valence-electron chi connectivity index (χ4n) is 2.03. The second-order valence-corrected chi connectivity index (χ2v) is 5.00. The third-order valence-corrected chi connectivity index (χ3v) is 3.40. The Morgan fingerprint density at radius 3 is 2.43 bits per heavy atom. The minimum absolute atomic E-state index is 0.0668. The summed E-state index contributed by atoms with van der Waals surface area (Å²) in [6.45, 7) is 2.01. The lowest BCUT2D eigenvalue weighted by atomic mass is 10.3. The molecule has 0 radical (unpaired) electrons. The molecule has 1 heterocycles. The third kappa shape index (κ3) is 3.26. The minimum Gasteiger partial charge on any atom is -0.492 e. The van der Waals surface area contributed by atoms with Crippen molar-refractivity contribution in [1.82, 2.24) is 9.13 Å². The lowest BCUT2D eigenvalue weighted by Crippen LogP contribution is -2.40. The average Bonchev–Trinajstić information content (AvgIpc) is 2.45. The van der Waals surface area contributed by atoms with E-state index in [1.54, 1.807) is 6.92 Å². The Hall–Kier alpha value is -2.22. The molecule has 23 heavy (non-hydrogen) atoms. The normalized spacial score (nSPS) is 11.6. The molecule has 0 aliphatic heterocycles. The van der Waals surface area contributed by atoms with Gasteiger partial charge in [-0.25, -0.2) is 9.36 Å². The van der Waals surface area contributed by atoms with Crippen LogP contribution in [0, 0.1) is 0 Å². The molecule has 0 fully saturated rings. The Morgan fingerprint density at radius 2 is 1.87 bits per heavy atom. The number of hydrogen-bond acceptors (Lipinski definition) is 3. The summed E-state index contributed by atoms with van der Waals surface area (Å²) in [4.78, 5) is 24.2. The molecule has 9 heteroatoms. The van der Waals surface area contributed by atoms with Gasteiger partial charge in [-0.15, -0.1) is 0 Å². The monoisotopic (exact) mass is 348 g/mol. The van der Waals surface area contributed by atoms with Gasteiger partial charge in [-0.2, -0.15) is 13.2 Å². The molecule has 0 N–H and O–H groups in total. The number of nitrogens with zero attached hydrogens (tertiary/aromatic N) is 2. The van der Waals surface area contributed by atoms with Crippen molar-refractivity contribution in [2.75, 3.05) is 6.61 Å². The quantitative estimate of drug-likeness (QED) is 0.856. The van der Waals surface area contributed by atoms with Gasteiger partial charge in [0.2, 0.25) is 0 Å². The van der Waals surface area contributed by atoms with E-state index in [2.05, 4.69) is 0 Å². The van der Waals surface area contributed by atoms with Crippen molar-refractivity contribution in [3.05, 3.63) is 55.8 Å². The number of hydrogen-bond donors (Lipinski definition) is 0. The van der Waals surface area contributed by atoms with Crippen LogP contribution in [0.1, 0.15) is 12.6 Å². The summed E-state index contributed by atoms with van der Waals surface area (Å²) in [6, 6.07) is 4.44. The van der Waals surface area contributed by atoms with E-state index in [1.165, 1.54) is 18.2 Å². The largest absolute Gasteiger partial charge is 0.492 e. The SMILES string of the molecule is CCOc1cc(-n2c(=O)cc(C(F)(F)F)n(C)c2=O)ccc1Cl. The van der Waals surface area contributed by atoms with E-state index in [0.29, 0.717) is 21.8 Å². The molecule has 2 rings (SSSR count). The molecule has 0 unspecified atom stereocenters. The van der Waals surface area contributed by atoms with Gasteiger partial charge in [0.25, 0.3) is 5.56 Å². The van der Waals surface area contributed by atoms with Crippen LogP contribution >= 0.6 is 11.6 Å². The highest BCUT2D eigenvalue weighted by Crippen LogP contribution is 2.28. The summed E-state index contributed by atoms with van der Waals surface area (Å²) in [5.74, 6) is 0.223. The van der Waals surface area contributed by atoms with Crippen LogP contribution in [-0.4, -0.2) is 15.7 Å². The van der Waals surface area contributed by atoms with E-state index in [4.69, 9.17) is 16.3 Å². The summed E-state index contributed by atoms with van der Waals surface area (Å²) < 4.78 is 44.7. The van der Waals surface area contributed by atoms with Gasteiger partial charge in [0.15, 0.2) is 0 Å². The first kappa shape index (κ1) is 17.1. The van der Waals surface area contributed by atoms with Crippen LogP contribution in [0.4, 0.5) is 13.2 Å². The third-order valence-electron chi connectivity index (χ3n) is 3.08. The summed E-state index contributed by atoms with van der Waals surface area (Å²) >= 11 is 5.91. The first-order valence-electron chi connectivity index (χ1n) is 6.49. The van der Waals surface area contributed by atoms with Crippen LogP contribution in [0.15, 0.2) is 33.9 Å². The fourth-order valence-corrected chi connectivity index (χ4v) is 2.20. The number of aromatic nitrogens is 2.